The predicted molar refractivity (Wildman–Crippen MR) is 73.5 cm³/mol. The average molecular weight is 259 g/mol. The van der Waals surface area contributed by atoms with Crippen molar-refractivity contribution >= 4 is 16.7 Å². The van der Waals surface area contributed by atoms with E-state index in [1.54, 1.807) is 12.1 Å². The molecule has 0 bridgehead atoms. The number of carbonyl (C=O) groups excluding carboxylic acids is 1. The summed E-state index contributed by atoms with van der Waals surface area (Å²) >= 11 is 0. The summed E-state index contributed by atoms with van der Waals surface area (Å²) in [7, 11) is 0. The van der Waals surface area contributed by atoms with Gasteiger partial charge >= 0.3 is 0 Å². The van der Waals surface area contributed by atoms with Gasteiger partial charge in [0.2, 0.25) is 0 Å². The van der Waals surface area contributed by atoms with Crippen LogP contribution in [0.1, 0.15) is 32.1 Å². The van der Waals surface area contributed by atoms with Crippen molar-refractivity contribution in [2.75, 3.05) is 0 Å². The first-order valence-electron chi connectivity index (χ1n) is 7.02. The van der Waals surface area contributed by atoms with Gasteiger partial charge in [-0.15, -0.1) is 0 Å². The van der Waals surface area contributed by atoms with Crippen molar-refractivity contribution in [2.24, 2.45) is 5.92 Å². The van der Waals surface area contributed by atoms with Gasteiger partial charge in [0, 0.05) is 17.5 Å². The zero-order chi connectivity index (χ0) is 13.2. The molecule has 0 radical (unpaired) electrons. The second-order valence-corrected chi connectivity index (χ2v) is 5.42. The van der Waals surface area contributed by atoms with Crippen LogP contribution < -0.4 is 0 Å². The molecule has 1 aromatic carbocycles. The van der Waals surface area contributed by atoms with E-state index < -0.39 is 0 Å². The summed E-state index contributed by atoms with van der Waals surface area (Å²) < 4.78 is 15.5. The van der Waals surface area contributed by atoms with E-state index in [0.717, 1.165) is 31.2 Å². The molecule has 3 heteroatoms. The van der Waals surface area contributed by atoms with Crippen molar-refractivity contribution in [1.29, 1.82) is 0 Å². The minimum Gasteiger partial charge on any atom is -0.340 e. The molecule has 1 heterocycles. The third-order valence-corrected chi connectivity index (χ3v) is 4.15. The number of carbonyl (C=O) groups is 1. The number of rotatable bonds is 3. The number of fused-ring (bicyclic) bond motifs is 1. The van der Waals surface area contributed by atoms with E-state index in [4.69, 9.17) is 0 Å². The zero-order valence-electron chi connectivity index (χ0n) is 10.9. The Balaban J connectivity index is 1.81. The van der Waals surface area contributed by atoms with Crippen molar-refractivity contribution in [1.82, 2.24) is 4.57 Å². The van der Waals surface area contributed by atoms with E-state index in [2.05, 4.69) is 0 Å². The third-order valence-electron chi connectivity index (χ3n) is 4.15. The Hall–Kier alpha value is -1.64. The Labute approximate surface area is 112 Å². The van der Waals surface area contributed by atoms with Gasteiger partial charge < -0.3 is 4.57 Å². The summed E-state index contributed by atoms with van der Waals surface area (Å²) in [6.45, 7) is 0.373. The Morgan fingerprint density at radius 2 is 2.00 bits per heavy atom. The summed E-state index contributed by atoms with van der Waals surface area (Å²) in [4.78, 5) is 12.3. The van der Waals surface area contributed by atoms with Crippen molar-refractivity contribution in [3.05, 3.63) is 36.3 Å². The molecule has 2 aromatic rings. The fourth-order valence-electron chi connectivity index (χ4n) is 3.05. The minimum atomic E-state index is -0.221. The zero-order valence-corrected chi connectivity index (χ0v) is 10.9. The first-order valence-corrected chi connectivity index (χ1v) is 7.02. The molecular formula is C16H18FNO. The topological polar surface area (TPSA) is 22.0 Å². The minimum absolute atomic E-state index is 0.208. The van der Waals surface area contributed by atoms with Crippen LogP contribution in [0.25, 0.3) is 10.9 Å². The standard InChI is InChI=1S/C16H18FNO/c17-14-7-4-8-15-13(14)9-10-18(15)11-16(19)12-5-2-1-3-6-12/h4,7-10,12H,1-3,5-6,11H2. The molecule has 0 unspecified atom stereocenters. The third kappa shape index (κ3) is 2.42. The molecule has 3 rings (SSSR count). The molecule has 0 N–H and O–H groups in total. The molecule has 0 aliphatic heterocycles. The van der Waals surface area contributed by atoms with Gasteiger partial charge in [-0.3, -0.25) is 4.79 Å². The van der Waals surface area contributed by atoms with Crippen LogP contribution in [0.3, 0.4) is 0 Å². The van der Waals surface area contributed by atoms with E-state index in [1.165, 1.54) is 12.5 Å². The maximum Gasteiger partial charge on any atom is 0.155 e. The Morgan fingerprint density at radius 1 is 1.21 bits per heavy atom. The van der Waals surface area contributed by atoms with Crippen LogP contribution in [-0.4, -0.2) is 10.4 Å². The molecule has 1 aromatic heterocycles. The molecule has 1 aliphatic carbocycles. The van der Waals surface area contributed by atoms with Crippen molar-refractivity contribution in [3.8, 4) is 0 Å². The lowest BCUT2D eigenvalue weighted by molar-refractivity contribution is -0.124. The molecule has 0 saturated heterocycles. The van der Waals surface area contributed by atoms with Crippen LogP contribution in [0.4, 0.5) is 4.39 Å². The number of hydrogen-bond donors (Lipinski definition) is 0. The number of halogens is 1. The summed E-state index contributed by atoms with van der Waals surface area (Å²) in [5.74, 6) is 0.280. The Morgan fingerprint density at radius 3 is 2.79 bits per heavy atom. The summed E-state index contributed by atoms with van der Waals surface area (Å²) in [6.07, 6.45) is 7.43. The lowest BCUT2D eigenvalue weighted by Gasteiger charge is -2.20. The summed E-state index contributed by atoms with van der Waals surface area (Å²) in [5, 5.41) is 0.596. The van der Waals surface area contributed by atoms with Crippen LogP contribution in [0, 0.1) is 11.7 Å². The molecule has 100 valence electrons. The Bertz CT molecular complexity index is 596. The van der Waals surface area contributed by atoms with Crippen LogP contribution in [-0.2, 0) is 11.3 Å². The van der Waals surface area contributed by atoms with Gasteiger partial charge in [0.25, 0.3) is 0 Å². The van der Waals surface area contributed by atoms with Crippen molar-refractivity contribution < 1.29 is 9.18 Å². The van der Waals surface area contributed by atoms with Crippen LogP contribution in [0.5, 0.6) is 0 Å². The fraction of sp³-hybridized carbons (Fsp3) is 0.438. The summed E-state index contributed by atoms with van der Waals surface area (Å²) in [5.41, 5.74) is 0.809. The first-order chi connectivity index (χ1) is 9.25. The van der Waals surface area contributed by atoms with Gasteiger partial charge in [-0.1, -0.05) is 25.3 Å². The molecule has 19 heavy (non-hydrogen) atoms. The molecule has 0 atom stereocenters. The highest BCUT2D eigenvalue weighted by Crippen LogP contribution is 2.26. The number of nitrogens with zero attached hydrogens (tertiary/aromatic N) is 1. The van der Waals surface area contributed by atoms with Crippen LogP contribution in [0.2, 0.25) is 0 Å². The van der Waals surface area contributed by atoms with E-state index in [9.17, 15) is 9.18 Å². The van der Waals surface area contributed by atoms with E-state index in [0.29, 0.717) is 17.7 Å². The molecule has 1 fully saturated rings. The molecule has 0 amide bonds. The van der Waals surface area contributed by atoms with Gasteiger partial charge in [0.1, 0.15) is 5.82 Å². The largest absolute Gasteiger partial charge is 0.340 e. The smallest absolute Gasteiger partial charge is 0.155 e. The summed E-state index contributed by atoms with van der Waals surface area (Å²) in [6, 6.07) is 6.76. The quantitative estimate of drug-likeness (QED) is 0.818. The monoisotopic (exact) mass is 259 g/mol. The molecule has 0 spiro atoms. The lowest BCUT2D eigenvalue weighted by atomic mass is 9.86. The average Bonchev–Trinajstić information content (AvgIpc) is 2.84. The maximum atomic E-state index is 13.6. The second kappa shape index (κ2) is 5.16. The van der Waals surface area contributed by atoms with Gasteiger partial charge in [-0.25, -0.2) is 4.39 Å². The number of benzene rings is 1. The van der Waals surface area contributed by atoms with Crippen LogP contribution in [0.15, 0.2) is 30.5 Å². The Kier molecular flexibility index (Phi) is 3.36. The molecule has 1 saturated carbocycles. The first kappa shape index (κ1) is 12.4. The number of hydrogen-bond acceptors (Lipinski definition) is 1. The number of ketones is 1. The normalized spacial score (nSPS) is 16.9. The van der Waals surface area contributed by atoms with E-state index in [1.807, 2.05) is 16.8 Å². The molecule has 2 nitrogen and oxygen atoms in total. The molecule has 1 aliphatic rings. The van der Waals surface area contributed by atoms with Crippen molar-refractivity contribution in [3.63, 3.8) is 0 Å². The number of Topliss-reactive ketones (excluding diaryl/α,β-unsaturated/α-hetero) is 1. The highest BCUT2D eigenvalue weighted by Gasteiger charge is 2.21. The highest BCUT2D eigenvalue weighted by atomic mass is 19.1. The second-order valence-electron chi connectivity index (χ2n) is 5.42. The van der Waals surface area contributed by atoms with Gasteiger partial charge in [0.15, 0.2) is 5.78 Å². The molecular weight excluding hydrogens is 241 g/mol. The van der Waals surface area contributed by atoms with Gasteiger partial charge in [-0.2, -0.15) is 0 Å². The van der Waals surface area contributed by atoms with Crippen LogP contribution >= 0.6 is 0 Å². The maximum absolute atomic E-state index is 13.6. The SMILES string of the molecule is O=C(Cn1ccc2c(F)cccc21)C1CCCCC1. The van der Waals surface area contributed by atoms with E-state index in [-0.39, 0.29) is 11.7 Å². The van der Waals surface area contributed by atoms with Gasteiger partial charge in [-0.05, 0) is 31.0 Å². The lowest BCUT2D eigenvalue weighted by Crippen LogP contribution is -2.22. The fourth-order valence-corrected chi connectivity index (χ4v) is 3.05. The predicted octanol–water partition coefficient (Wildman–Crippen LogP) is 3.93. The highest BCUT2D eigenvalue weighted by molar-refractivity contribution is 5.85. The van der Waals surface area contributed by atoms with Gasteiger partial charge in [0.05, 0.1) is 12.1 Å². The number of aromatic nitrogens is 1. The van der Waals surface area contributed by atoms with E-state index >= 15 is 0 Å². The van der Waals surface area contributed by atoms with Crippen molar-refractivity contribution in [2.45, 2.75) is 38.6 Å².